The minimum atomic E-state index is -0.261. The van der Waals surface area contributed by atoms with E-state index >= 15 is 0 Å². The molecule has 2 rings (SSSR count). The first-order chi connectivity index (χ1) is 8.77. The highest BCUT2D eigenvalue weighted by atomic mass is 16.5. The maximum absolute atomic E-state index is 11.9. The Kier molecular flexibility index (Phi) is 4.24. The zero-order chi connectivity index (χ0) is 13.0. The van der Waals surface area contributed by atoms with Crippen molar-refractivity contribution in [1.29, 1.82) is 0 Å². The van der Waals surface area contributed by atoms with Crippen LogP contribution in [-0.4, -0.2) is 19.2 Å². The predicted octanol–water partition coefficient (Wildman–Crippen LogP) is 3.28. The Balaban J connectivity index is 2.15. The molecule has 1 aliphatic heterocycles. The number of carbonyl (C=O) groups excluding carboxylic acids is 1. The van der Waals surface area contributed by atoms with Crippen LogP contribution >= 0.6 is 0 Å². The minimum absolute atomic E-state index is 0.0681. The van der Waals surface area contributed by atoms with E-state index in [1.54, 1.807) is 0 Å². The molecule has 3 nitrogen and oxygen atoms in total. The number of methoxy groups -OCH3 is 1. The van der Waals surface area contributed by atoms with Gasteiger partial charge in [0.2, 0.25) is 0 Å². The Bertz CT molecular complexity index is 414. The van der Waals surface area contributed by atoms with Crippen LogP contribution in [-0.2, 0) is 9.53 Å². The van der Waals surface area contributed by atoms with E-state index < -0.39 is 0 Å². The molecular weight excluding hydrogens is 228 g/mol. The largest absolute Gasteiger partial charge is 0.489 e. The van der Waals surface area contributed by atoms with E-state index in [9.17, 15) is 4.79 Å². The second-order valence-corrected chi connectivity index (χ2v) is 4.69. The van der Waals surface area contributed by atoms with Crippen molar-refractivity contribution in [2.45, 2.75) is 44.6 Å². The maximum Gasteiger partial charge on any atom is 0.317 e. The fourth-order valence-electron chi connectivity index (χ4n) is 2.50. The zero-order valence-electron chi connectivity index (χ0n) is 11.0. The van der Waals surface area contributed by atoms with Crippen molar-refractivity contribution >= 4 is 5.97 Å². The second-order valence-electron chi connectivity index (χ2n) is 4.69. The van der Waals surface area contributed by atoms with E-state index in [1.165, 1.54) is 20.0 Å². The van der Waals surface area contributed by atoms with Crippen LogP contribution in [0.4, 0.5) is 0 Å². The van der Waals surface area contributed by atoms with Gasteiger partial charge in [-0.25, -0.2) is 0 Å². The lowest BCUT2D eigenvalue weighted by molar-refractivity contribution is -0.144. The number of hydrogen-bond acceptors (Lipinski definition) is 3. The van der Waals surface area contributed by atoms with Gasteiger partial charge >= 0.3 is 5.97 Å². The van der Waals surface area contributed by atoms with Gasteiger partial charge < -0.3 is 9.47 Å². The maximum atomic E-state index is 11.9. The Labute approximate surface area is 108 Å². The molecule has 0 saturated carbocycles. The smallest absolute Gasteiger partial charge is 0.317 e. The lowest BCUT2D eigenvalue weighted by atomic mass is 9.92. The molecule has 0 saturated heterocycles. The number of esters is 1. The SMILES string of the molecule is CCCCCC1Oc2ccccc2C1C(=O)OC. The minimum Gasteiger partial charge on any atom is -0.489 e. The molecule has 3 heteroatoms. The molecule has 98 valence electrons. The Morgan fingerprint density at radius 1 is 1.33 bits per heavy atom. The van der Waals surface area contributed by atoms with Crippen molar-refractivity contribution in [3.63, 3.8) is 0 Å². The monoisotopic (exact) mass is 248 g/mol. The van der Waals surface area contributed by atoms with E-state index in [-0.39, 0.29) is 18.0 Å². The highest BCUT2D eigenvalue weighted by Crippen LogP contribution is 2.40. The number of hydrogen-bond donors (Lipinski definition) is 0. The van der Waals surface area contributed by atoms with Gasteiger partial charge in [0.25, 0.3) is 0 Å². The Hall–Kier alpha value is -1.51. The fraction of sp³-hybridized carbons (Fsp3) is 0.533. The lowest BCUT2D eigenvalue weighted by Crippen LogP contribution is -2.26. The normalized spacial score (nSPS) is 21.2. The number of ether oxygens (including phenoxy) is 2. The van der Waals surface area contributed by atoms with Crippen molar-refractivity contribution in [2.75, 3.05) is 7.11 Å². The average molecular weight is 248 g/mol. The van der Waals surface area contributed by atoms with E-state index in [2.05, 4.69) is 6.92 Å². The van der Waals surface area contributed by atoms with E-state index in [0.29, 0.717) is 0 Å². The van der Waals surface area contributed by atoms with Crippen molar-refractivity contribution in [3.05, 3.63) is 29.8 Å². The van der Waals surface area contributed by atoms with Crippen LogP contribution in [0, 0.1) is 0 Å². The summed E-state index contributed by atoms with van der Waals surface area (Å²) in [5.41, 5.74) is 0.964. The van der Waals surface area contributed by atoms with E-state index in [4.69, 9.17) is 9.47 Å². The number of benzene rings is 1. The molecule has 1 aliphatic rings. The molecule has 0 spiro atoms. The van der Waals surface area contributed by atoms with Crippen molar-refractivity contribution < 1.29 is 14.3 Å². The quantitative estimate of drug-likeness (QED) is 0.592. The third kappa shape index (κ3) is 2.50. The molecule has 1 aromatic carbocycles. The summed E-state index contributed by atoms with van der Waals surface area (Å²) in [6.07, 6.45) is 4.26. The summed E-state index contributed by atoms with van der Waals surface area (Å²) in [4.78, 5) is 11.9. The van der Waals surface area contributed by atoms with Crippen molar-refractivity contribution in [2.24, 2.45) is 0 Å². The van der Waals surface area contributed by atoms with Crippen LogP contribution in [0.5, 0.6) is 5.75 Å². The van der Waals surface area contributed by atoms with E-state index in [1.807, 2.05) is 24.3 Å². The summed E-state index contributed by atoms with van der Waals surface area (Å²) >= 11 is 0. The molecule has 2 unspecified atom stereocenters. The molecule has 0 aromatic heterocycles. The summed E-state index contributed by atoms with van der Waals surface area (Å²) in [5.74, 6) is 0.374. The molecular formula is C15H20O3. The number of unbranched alkanes of at least 4 members (excludes halogenated alkanes) is 2. The average Bonchev–Trinajstić information content (AvgIpc) is 2.76. The van der Waals surface area contributed by atoms with Crippen LogP contribution in [0.25, 0.3) is 0 Å². The summed E-state index contributed by atoms with van der Waals surface area (Å²) in [6, 6.07) is 7.75. The van der Waals surface area contributed by atoms with Gasteiger partial charge in [-0.2, -0.15) is 0 Å². The lowest BCUT2D eigenvalue weighted by Gasteiger charge is -2.16. The molecule has 0 radical (unpaired) electrons. The van der Waals surface area contributed by atoms with Crippen molar-refractivity contribution in [1.82, 2.24) is 0 Å². The molecule has 0 N–H and O–H groups in total. The standard InChI is InChI=1S/C15H20O3/c1-3-4-5-10-13-14(15(16)17-2)11-8-6-7-9-12(11)18-13/h6-9,13-14H,3-5,10H2,1-2H3. The first-order valence-corrected chi connectivity index (χ1v) is 6.61. The molecule has 18 heavy (non-hydrogen) atoms. The van der Waals surface area contributed by atoms with Gasteiger partial charge in [-0.15, -0.1) is 0 Å². The molecule has 0 fully saturated rings. The topological polar surface area (TPSA) is 35.5 Å². The summed E-state index contributed by atoms with van der Waals surface area (Å²) in [6.45, 7) is 2.17. The number of carbonyl (C=O) groups is 1. The summed E-state index contributed by atoms with van der Waals surface area (Å²) in [7, 11) is 1.44. The van der Waals surface area contributed by atoms with Gasteiger partial charge in [-0.05, 0) is 18.9 Å². The summed E-state index contributed by atoms with van der Waals surface area (Å²) < 4.78 is 10.8. The second kappa shape index (κ2) is 5.89. The van der Waals surface area contributed by atoms with Gasteiger partial charge in [0, 0.05) is 5.56 Å². The molecule has 2 atom stereocenters. The van der Waals surface area contributed by atoms with Gasteiger partial charge in [0.15, 0.2) is 0 Å². The first kappa shape index (κ1) is 12.9. The molecule has 0 aliphatic carbocycles. The van der Waals surface area contributed by atoms with Crippen LogP contribution in [0.1, 0.15) is 44.1 Å². The highest BCUT2D eigenvalue weighted by molar-refractivity contribution is 5.81. The van der Waals surface area contributed by atoms with Crippen molar-refractivity contribution in [3.8, 4) is 5.75 Å². The highest BCUT2D eigenvalue weighted by Gasteiger charge is 2.39. The van der Waals surface area contributed by atoms with Gasteiger partial charge in [0.05, 0.1) is 7.11 Å². The van der Waals surface area contributed by atoms with E-state index in [0.717, 1.165) is 24.2 Å². The van der Waals surface area contributed by atoms with Crippen LogP contribution in [0.3, 0.4) is 0 Å². The van der Waals surface area contributed by atoms with Gasteiger partial charge in [0.1, 0.15) is 17.8 Å². The molecule has 0 bridgehead atoms. The van der Waals surface area contributed by atoms with Gasteiger partial charge in [-0.3, -0.25) is 4.79 Å². The third-order valence-electron chi connectivity index (χ3n) is 3.45. The van der Waals surface area contributed by atoms with Crippen LogP contribution < -0.4 is 4.74 Å². The third-order valence-corrected chi connectivity index (χ3v) is 3.45. The number of fused-ring (bicyclic) bond motifs is 1. The zero-order valence-corrected chi connectivity index (χ0v) is 11.0. The fourth-order valence-corrected chi connectivity index (χ4v) is 2.50. The first-order valence-electron chi connectivity index (χ1n) is 6.61. The Morgan fingerprint density at radius 3 is 2.83 bits per heavy atom. The van der Waals surface area contributed by atoms with Crippen LogP contribution in [0.2, 0.25) is 0 Å². The predicted molar refractivity (Wildman–Crippen MR) is 69.8 cm³/mol. The molecule has 0 amide bonds. The molecule has 1 aromatic rings. The Morgan fingerprint density at radius 2 is 2.11 bits per heavy atom. The number of para-hydroxylation sites is 1. The van der Waals surface area contributed by atoms with Crippen LogP contribution in [0.15, 0.2) is 24.3 Å². The van der Waals surface area contributed by atoms with Gasteiger partial charge in [-0.1, -0.05) is 38.0 Å². The summed E-state index contributed by atoms with van der Waals surface area (Å²) in [5, 5.41) is 0. The molecule has 1 heterocycles. The number of rotatable bonds is 5.